The molecular weight excluding hydrogens is 339 g/mol. The number of rotatable bonds is 13. The zero-order chi connectivity index (χ0) is 19.4. The number of benzene rings is 1. The second kappa shape index (κ2) is 13.3. The molecule has 0 aromatic heterocycles. The van der Waals surface area contributed by atoms with Crippen LogP contribution in [0.15, 0.2) is 6.07 Å². The molecule has 0 N–H and O–H groups in total. The highest BCUT2D eigenvalue weighted by Crippen LogP contribution is 2.30. The van der Waals surface area contributed by atoms with Crippen molar-refractivity contribution in [2.45, 2.75) is 105 Å². The SMILES string of the molecule is CCCCc1cc(C(=O)OP)c(CCCC)c(CCCC)c1CCCC. The van der Waals surface area contributed by atoms with Crippen molar-refractivity contribution in [2.24, 2.45) is 0 Å². The number of aryl methyl sites for hydroxylation is 1. The van der Waals surface area contributed by atoms with E-state index in [0.29, 0.717) is 0 Å². The predicted molar refractivity (Wildman–Crippen MR) is 116 cm³/mol. The number of hydrogen-bond acceptors (Lipinski definition) is 2. The molecule has 1 rings (SSSR count). The van der Waals surface area contributed by atoms with E-state index in [0.717, 1.165) is 44.1 Å². The van der Waals surface area contributed by atoms with E-state index in [-0.39, 0.29) is 5.97 Å². The fraction of sp³-hybridized carbons (Fsp3) is 0.696. The van der Waals surface area contributed by atoms with Gasteiger partial charge in [-0.25, -0.2) is 4.79 Å². The molecule has 0 aliphatic rings. The Bertz CT molecular complexity index is 552. The van der Waals surface area contributed by atoms with E-state index in [1.165, 1.54) is 55.2 Å². The van der Waals surface area contributed by atoms with Gasteiger partial charge in [0.1, 0.15) is 0 Å². The summed E-state index contributed by atoms with van der Waals surface area (Å²) >= 11 is 0. The van der Waals surface area contributed by atoms with Crippen molar-refractivity contribution in [2.75, 3.05) is 0 Å². The largest absolute Gasteiger partial charge is 0.448 e. The highest BCUT2D eigenvalue weighted by atomic mass is 31.0. The fourth-order valence-corrected chi connectivity index (χ4v) is 3.81. The lowest BCUT2D eigenvalue weighted by molar-refractivity contribution is 0.0764. The summed E-state index contributed by atoms with van der Waals surface area (Å²) in [6.45, 7) is 8.95. The molecule has 0 radical (unpaired) electrons. The molecule has 0 aliphatic heterocycles. The first-order valence-corrected chi connectivity index (χ1v) is 11.2. The van der Waals surface area contributed by atoms with Gasteiger partial charge in [-0.05, 0) is 79.7 Å². The van der Waals surface area contributed by atoms with Crippen molar-refractivity contribution < 1.29 is 9.32 Å². The van der Waals surface area contributed by atoms with Crippen LogP contribution in [0.1, 0.15) is 112 Å². The zero-order valence-corrected chi connectivity index (χ0v) is 18.6. The van der Waals surface area contributed by atoms with E-state index in [9.17, 15) is 4.79 Å². The molecule has 0 fully saturated rings. The molecule has 26 heavy (non-hydrogen) atoms. The Morgan fingerprint density at radius 3 is 1.73 bits per heavy atom. The van der Waals surface area contributed by atoms with Gasteiger partial charge in [0.15, 0.2) is 0 Å². The third-order valence-corrected chi connectivity index (χ3v) is 5.44. The molecule has 1 aromatic rings. The predicted octanol–water partition coefficient (Wildman–Crippen LogP) is 7.00. The first kappa shape index (κ1) is 23.2. The molecule has 3 heteroatoms. The van der Waals surface area contributed by atoms with E-state index in [2.05, 4.69) is 43.2 Å². The smallest absolute Gasteiger partial charge is 0.340 e. The van der Waals surface area contributed by atoms with Gasteiger partial charge < -0.3 is 4.52 Å². The number of carbonyl (C=O) groups is 1. The van der Waals surface area contributed by atoms with Gasteiger partial charge >= 0.3 is 5.97 Å². The van der Waals surface area contributed by atoms with Gasteiger partial charge in [0.05, 0.1) is 15.0 Å². The summed E-state index contributed by atoms with van der Waals surface area (Å²) in [5, 5.41) is 0. The van der Waals surface area contributed by atoms with Gasteiger partial charge in [-0.1, -0.05) is 53.4 Å². The average molecular weight is 379 g/mol. The first-order chi connectivity index (χ1) is 12.6. The molecule has 0 spiro atoms. The number of unbranched alkanes of at least 4 members (excludes halogenated alkanes) is 4. The lowest BCUT2D eigenvalue weighted by Gasteiger charge is -2.22. The second-order valence-electron chi connectivity index (χ2n) is 7.34. The fourth-order valence-electron chi connectivity index (χ4n) is 3.68. The molecule has 148 valence electrons. The maximum atomic E-state index is 12.5. The number of carbonyl (C=O) groups excluding carboxylic acids is 1. The molecular formula is C23H39O2P. The Morgan fingerprint density at radius 1 is 0.769 bits per heavy atom. The molecule has 2 nitrogen and oxygen atoms in total. The lowest BCUT2D eigenvalue weighted by Crippen LogP contribution is -2.13. The standard InChI is InChI=1S/C23H39O2P/c1-5-9-13-18-17-22(23(24)25-26)21(16-12-8-4)20(15-11-7-3)19(18)14-10-6-2/h17H,5-16,26H2,1-4H3. The molecule has 0 amide bonds. The van der Waals surface area contributed by atoms with Gasteiger partial charge in [-0.2, -0.15) is 0 Å². The summed E-state index contributed by atoms with van der Waals surface area (Å²) in [6, 6.07) is 2.16. The summed E-state index contributed by atoms with van der Waals surface area (Å²) in [4.78, 5) is 12.5. The molecule has 1 unspecified atom stereocenters. The molecule has 0 bridgehead atoms. The summed E-state index contributed by atoms with van der Waals surface area (Å²) < 4.78 is 5.07. The van der Waals surface area contributed by atoms with Crippen LogP contribution in [0.4, 0.5) is 0 Å². The van der Waals surface area contributed by atoms with Crippen molar-refractivity contribution in [1.82, 2.24) is 0 Å². The Balaban J connectivity index is 3.54. The van der Waals surface area contributed by atoms with Crippen LogP contribution in [0.5, 0.6) is 0 Å². The van der Waals surface area contributed by atoms with Crippen LogP contribution in [-0.4, -0.2) is 5.97 Å². The molecule has 1 aromatic carbocycles. The molecule has 1 atom stereocenters. The van der Waals surface area contributed by atoms with Crippen LogP contribution in [0, 0.1) is 0 Å². The topological polar surface area (TPSA) is 26.3 Å². The van der Waals surface area contributed by atoms with Crippen LogP contribution >= 0.6 is 9.47 Å². The molecule has 0 saturated carbocycles. The van der Waals surface area contributed by atoms with Gasteiger partial charge in [-0.15, -0.1) is 0 Å². The van der Waals surface area contributed by atoms with Gasteiger partial charge in [0.2, 0.25) is 0 Å². The van der Waals surface area contributed by atoms with Crippen molar-refractivity contribution in [3.63, 3.8) is 0 Å². The van der Waals surface area contributed by atoms with Crippen LogP contribution in [0.25, 0.3) is 0 Å². The Labute approximate surface area is 163 Å². The Kier molecular flexibility index (Phi) is 11.9. The monoisotopic (exact) mass is 378 g/mol. The minimum absolute atomic E-state index is 0.196. The highest BCUT2D eigenvalue weighted by Gasteiger charge is 2.21. The van der Waals surface area contributed by atoms with E-state index in [1.807, 2.05) is 0 Å². The van der Waals surface area contributed by atoms with Gasteiger partial charge in [0.25, 0.3) is 0 Å². The summed E-state index contributed by atoms with van der Waals surface area (Å²) in [6.07, 6.45) is 13.7. The average Bonchev–Trinajstić information content (AvgIpc) is 2.67. The quantitative estimate of drug-likeness (QED) is 0.345. The summed E-state index contributed by atoms with van der Waals surface area (Å²) in [7, 11) is 2.14. The van der Waals surface area contributed by atoms with Crippen molar-refractivity contribution in [1.29, 1.82) is 0 Å². The molecule has 0 heterocycles. The Hall–Kier alpha value is -0.880. The maximum Gasteiger partial charge on any atom is 0.340 e. The molecule has 0 aliphatic carbocycles. The minimum Gasteiger partial charge on any atom is -0.448 e. The van der Waals surface area contributed by atoms with Gasteiger partial charge in [-0.3, -0.25) is 0 Å². The van der Waals surface area contributed by atoms with E-state index >= 15 is 0 Å². The number of hydrogen-bond donors (Lipinski definition) is 0. The molecule has 0 saturated heterocycles. The van der Waals surface area contributed by atoms with Crippen molar-refractivity contribution in [3.05, 3.63) is 33.9 Å². The van der Waals surface area contributed by atoms with Crippen LogP contribution in [0.2, 0.25) is 0 Å². The Morgan fingerprint density at radius 2 is 1.23 bits per heavy atom. The second-order valence-corrected chi connectivity index (χ2v) is 7.57. The summed E-state index contributed by atoms with van der Waals surface area (Å²) in [5.41, 5.74) is 6.47. The highest BCUT2D eigenvalue weighted by molar-refractivity contribution is 7.10. The van der Waals surface area contributed by atoms with Crippen molar-refractivity contribution >= 4 is 15.4 Å². The van der Waals surface area contributed by atoms with Crippen LogP contribution in [0.3, 0.4) is 0 Å². The lowest BCUT2D eigenvalue weighted by atomic mass is 9.83. The minimum atomic E-state index is -0.196. The van der Waals surface area contributed by atoms with Gasteiger partial charge in [0, 0.05) is 0 Å². The summed E-state index contributed by atoms with van der Waals surface area (Å²) in [5.74, 6) is -0.196. The maximum absolute atomic E-state index is 12.5. The van der Waals surface area contributed by atoms with E-state index in [1.54, 1.807) is 5.56 Å². The zero-order valence-electron chi connectivity index (χ0n) is 17.5. The van der Waals surface area contributed by atoms with Crippen LogP contribution < -0.4 is 0 Å². The third kappa shape index (κ3) is 6.69. The van der Waals surface area contributed by atoms with Crippen molar-refractivity contribution in [3.8, 4) is 0 Å². The van der Waals surface area contributed by atoms with E-state index in [4.69, 9.17) is 4.52 Å². The first-order valence-electron chi connectivity index (χ1n) is 10.7. The van der Waals surface area contributed by atoms with Crippen LogP contribution in [-0.2, 0) is 30.2 Å². The third-order valence-electron chi connectivity index (χ3n) is 5.23. The normalized spacial score (nSPS) is 11.0. The van der Waals surface area contributed by atoms with E-state index < -0.39 is 0 Å².